The number of nitrogens with one attached hydrogen (secondary N) is 1. The fourth-order valence-corrected chi connectivity index (χ4v) is 1.83. The highest BCUT2D eigenvalue weighted by Gasteiger charge is 2.26. The van der Waals surface area contributed by atoms with E-state index in [1.807, 2.05) is 32.4 Å². The predicted octanol–water partition coefficient (Wildman–Crippen LogP) is 1.35. The normalized spacial score (nSPS) is 16.5. The molecule has 5 heteroatoms. The zero-order chi connectivity index (χ0) is 12.3. The fraction of sp³-hybridized carbons (Fsp3) is 0.727. The van der Waals surface area contributed by atoms with Crippen LogP contribution in [0.4, 0.5) is 0 Å². The Morgan fingerprint density at radius 3 is 2.56 bits per heavy atom. The van der Waals surface area contributed by atoms with E-state index in [2.05, 4.69) is 21.5 Å². The molecule has 88 valence electrons. The van der Waals surface area contributed by atoms with Gasteiger partial charge in [-0.25, -0.2) is 9.67 Å². The summed E-state index contributed by atoms with van der Waals surface area (Å²) in [5, 5.41) is 16.5. The Morgan fingerprint density at radius 1 is 1.56 bits per heavy atom. The van der Waals surface area contributed by atoms with Crippen LogP contribution in [0.15, 0.2) is 0 Å². The SMILES string of the molecule is CNC(C)(C#N)CC(C)n1nc(C)nc1C. The zero-order valence-corrected chi connectivity index (χ0v) is 10.6. The Balaban J connectivity index is 2.84. The summed E-state index contributed by atoms with van der Waals surface area (Å²) in [4.78, 5) is 4.26. The second kappa shape index (κ2) is 4.62. The molecule has 16 heavy (non-hydrogen) atoms. The van der Waals surface area contributed by atoms with Crippen LogP contribution in [0.5, 0.6) is 0 Å². The summed E-state index contributed by atoms with van der Waals surface area (Å²) in [5.74, 6) is 1.66. The van der Waals surface area contributed by atoms with Crippen LogP contribution in [0.25, 0.3) is 0 Å². The van der Waals surface area contributed by atoms with Crippen molar-refractivity contribution in [3.63, 3.8) is 0 Å². The maximum atomic E-state index is 9.10. The van der Waals surface area contributed by atoms with Crippen molar-refractivity contribution in [2.24, 2.45) is 0 Å². The molecule has 0 aliphatic rings. The smallest absolute Gasteiger partial charge is 0.147 e. The van der Waals surface area contributed by atoms with Crippen molar-refractivity contribution in [2.75, 3.05) is 7.05 Å². The van der Waals surface area contributed by atoms with Crippen LogP contribution in [0.3, 0.4) is 0 Å². The van der Waals surface area contributed by atoms with E-state index in [0.29, 0.717) is 6.42 Å². The third-order valence-electron chi connectivity index (χ3n) is 2.83. The number of rotatable bonds is 4. The number of nitriles is 1. The van der Waals surface area contributed by atoms with Crippen LogP contribution in [-0.2, 0) is 0 Å². The van der Waals surface area contributed by atoms with Crippen molar-refractivity contribution in [1.29, 1.82) is 5.26 Å². The van der Waals surface area contributed by atoms with Gasteiger partial charge in [-0.05, 0) is 34.7 Å². The second-order valence-corrected chi connectivity index (χ2v) is 4.40. The summed E-state index contributed by atoms with van der Waals surface area (Å²) in [7, 11) is 1.80. The minimum absolute atomic E-state index is 0.151. The molecule has 1 N–H and O–H groups in total. The van der Waals surface area contributed by atoms with Gasteiger partial charge in [-0.2, -0.15) is 10.4 Å². The maximum Gasteiger partial charge on any atom is 0.147 e. The molecule has 2 unspecified atom stereocenters. The molecule has 0 radical (unpaired) electrons. The molecule has 0 amide bonds. The molecule has 1 heterocycles. The summed E-state index contributed by atoms with van der Waals surface area (Å²) in [6, 6.07) is 2.43. The molecule has 0 fully saturated rings. The highest BCUT2D eigenvalue weighted by molar-refractivity contribution is 5.04. The molecule has 0 bridgehead atoms. The van der Waals surface area contributed by atoms with Gasteiger partial charge in [-0.3, -0.25) is 0 Å². The molecule has 0 saturated carbocycles. The summed E-state index contributed by atoms with van der Waals surface area (Å²) < 4.78 is 1.88. The van der Waals surface area contributed by atoms with Gasteiger partial charge in [0.15, 0.2) is 0 Å². The van der Waals surface area contributed by atoms with Crippen molar-refractivity contribution in [2.45, 2.75) is 45.7 Å². The van der Waals surface area contributed by atoms with Crippen LogP contribution in [0.1, 0.15) is 38.0 Å². The van der Waals surface area contributed by atoms with E-state index in [1.165, 1.54) is 0 Å². The molecule has 5 nitrogen and oxygen atoms in total. The maximum absolute atomic E-state index is 9.10. The fourth-order valence-electron chi connectivity index (χ4n) is 1.83. The minimum atomic E-state index is -0.522. The zero-order valence-electron chi connectivity index (χ0n) is 10.6. The lowest BCUT2D eigenvalue weighted by molar-refractivity contribution is 0.344. The Kier molecular flexibility index (Phi) is 3.66. The first kappa shape index (κ1) is 12.7. The molecule has 0 aromatic carbocycles. The van der Waals surface area contributed by atoms with E-state index >= 15 is 0 Å². The first-order valence-corrected chi connectivity index (χ1v) is 5.42. The highest BCUT2D eigenvalue weighted by Crippen LogP contribution is 2.20. The number of aryl methyl sites for hydroxylation is 2. The Labute approximate surface area is 96.5 Å². The number of hydrogen-bond acceptors (Lipinski definition) is 4. The van der Waals surface area contributed by atoms with Gasteiger partial charge in [0.25, 0.3) is 0 Å². The molecule has 1 aromatic rings. The largest absolute Gasteiger partial charge is 0.303 e. The van der Waals surface area contributed by atoms with Gasteiger partial charge >= 0.3 is 0 Å². The topological polar surface area (TPSA) is 66.5 Å². The van der Waals surface area contributed by atoms with Crippen molar-refractivity contribution in [3.8, 4) is 6.07 Å². The molecule has 0 saturated heterocycles. The number of hydrogen-bond donors (Lipinski definition) is 1. The Bertz CT molecular complexity index is 403. The van der Waals surface area contributed by atoms with E-state index in [9.17, 15) is 0 Å². The van der Waals surface area contributed by atoms with Crippen LogP contribution in [0, 0.1) is 25.2 Å². The highest BCUT2D eigenvalue weighted by atomic mass is 15.4. The molecule has 1 aromatic heterocycles. The predicted molar refractivity (Wildman–Crippen MR) is 61.9 cm³/mol. The van der Waals surface area contributed by atoms with Gasteiger partial charge in [0.2, 0.25) is 0 Å². The van der Waals surface area contributed by atoms with E-state index < -0.39 is 5.54 Å². The van der Waals surface area contributed by atoms with Crippen LogP contribution >= 0.6 is 0 Å². The average Bonchev–Trinajstić information content (AvgIpc) is 2.57. The first-order valence-electron chi connectivity index (χ1n) is 5.42. The van der Waals surface area contributed by atoms with Crippen LogP contribution in [0.2, 0.25) is 0 Å². The second-order valence-electron chi connectivity index (χ2n) is 4.40. The van der Waals surface area contributed by atoms with E-state index in [4.69, 9.17) is 5.26 Å². The van der Waals surface area contributed by atoms with Gasteiger partial charge < -0.3 is 5.32 Å². The van der Waals surface area contributed by atoms with E-state index in [-0.39, 0.29) is 6.04 Å². The van der Waals surface area contributed by atoms with Crippen molar-refractivity contribution >= 4 is 0 Å². The average molecular weight is 221 g/mol. The molecule has 0 aliphatic heterocycles. The van der Waals surface area contributed by atoms with Crippen molar-refractivity contribution in [3.05, 3.63) is 11.6 Å². The lowest BCUT2D eigenvalue weighted by Crippen LogP contribution is -2.40. The third kappa shape index (κ3) is 2.58. The van der Waals surface area contributed by atoms with Gasteiger partial charge in [0.05, 0.1) is 12.1 Å². The quantitative estimate of drug-likeness (QED) is 0.833. The molecule has 0 spiro atoms. The summed E-state index contributed by atoms with van der Waals surface area (Å²) in [5.41, 5.74) is -0.522. The minimum Gasteiger partial charge on any atom is -0.303 e. The Morgan fingerprint density at radius 2 is 2.19 bits per heavy atom. The lowest BCUT2D eigenvalue weighted by atomic mass is 9.96. The van der Waals surface area contributed by atoms with Gasteiger partial charge in [-0.1, -0.05) is 0 Å². The number of aromatic nitrogens is 3. The van der Waals surface area contributed by atoms with Crippen LogP contribution in [-0.4, -0.2) is 27.4 Å². The van der Waals surface area contributed by atoms with E-state index in [0.717, 1.165) is 11.6 Å². The Hall–Kier alpha value is -1.41. The summed E-state index contributed by atoms with van der Waals surface area (Å²) >= 11 is 0. The summed E-state index contributed by atoms with van der Waals surface area (Å²) in [6.45, 7) is 7.74. The molecule has 1 rings (SSSR count). The van der Waals surface area contributed by atoms with Gasteiger partial charge in [-0.15, -0.1) is 0 Å². The summed E-state index contributed by atoms with van der Waals surface area (Å²) in [6.07, 6.45) is 0.698. The first-order chi connectivity index (χ1) is 7.41. The van der Waals surface area contributed by atoms with Crippen LogP contribution < -0.4 is 5.32 Å². The molecular formula is C11H19N5. The van der Waals surface area contributed by atoms with Gasteiger partial charge in [0, 0.05) is 6.42 Å². The molecule has 2 atom stereocenters. The number of nitrogens with zero attached hydrogens (tertiary/aromatic N) is 4. The van der Waals surface area contributed by atoms with Crippen molar-refractivity contribution < 1.29 is 0 Å². The molecular weight excluding hydrogens is 202 g/mol. The lowest BCUT2D eigenvalue weighted by Gasteiger charge is -2.25. The van der Waals surface area contributed by atoms with E-state index in [1.54, 1.807) is 7.05 Å². The monoisotopic (exact) mass is 221 g/mol. The standard InChI is InChI=1S/C11H19N5/c1-8(6-11(4,7-12)13-5)16-10(3)14-9(2)15-16/h8,13H,6H2,1-5H3. The molecule has 0 aliphatic carbocycles. The third-order valence-corrected chi connectivity index (χ3v) is 2.83. The van der Waals surface area contributed by atoms with Crippen molar-refractivity contribution in [1.82, 2.24) is 20.1 Å². The van der Waals surface area contributed by atoms with Gasteiger partial charge in [0.1, 0.15) is 17.2 Å².